The topological polar surface area (TPSA) is 178 Å². The standard InChI is InChI=1S/C22H30N6O3S.C4H4O4/c1-23-32(29,30)15-17-5-6-20-19(12-17)18(13-25-20)4-3-7-27-8-10-28(11-9-27)22-21(31-2)14-24-16-26-22;5-3(6)1-2-4(7)8/h5-6,12-14,16,23,25H,3-4,7-11,15H2,1-2H3;1-2H,(H,5,6)(H,7,8). The highest BCUT2D eigenvalue weighted by atomic mass is 32.2. The summed E-state index contributed by atoms with van der Waals surface area (Å²) in [4.78, 5) is 35.6. The second kappa shape index (κ2) is 14.4. The molecule has 4 rings (SSSR count). The van der Waals surface area contributed by atoms with Gasteiger partial charge in [0.05, 0.1) is 19.1 Å². The Balaban J connectivity index is 0.000000482. The Kier molecular flexibility index (Phi) is 11.0. The zero-order valence-electron chi connectivity index (χ0n) is 22.4. The van der Waals surface area contributed by atoms with Crippen molar-refractivity contribution in [2.45, 2.75) is 18.6 Å². The quantitative estimate of drug-likeness (QED) is 0.244. The van der Waals surface area contributed by atoms with Gasteiger partial charge in [-0.3, -0.25) is 4.90 Å². The first-order valence-electron chi connectivity index (χ1n) is 12.6. The number of aliphatic carboxylic acids is 2. The number of hydrogen-bond donors (Lipinski definition) is 4. The lowest BCUT2D eigenvalue weighted by atomic mass is 10.1. The summed E-state index contributed by atoms with van der Waals surface area (Å²) in [5, 5.41) is 16.7. The minimum absolute atomic E-state index is 0.00847. The summed E-state index contributed by atoms with van der Waals surface area (Å²) in [6.45, 7) is 4.79. The fourth-order valence-electron chi connectivity index (χ4n) is 4.32. The number of nitrogens with zero attached hydrogens (tertiary/aromatic N) is 4. The van der Waals surface area contributed by atoms with E-state index in [0.29, 0.717) is 17.9 Å². The van der Waals surface area contributed by atoms with Crippen molar-refractivity contribution >= 4 is 38.7 Å². The van der Waals surface area contributed by atoms with Crippen LogP contribution in [0.25, 0.3) is 10.9 Å². The molecule has 1 aliphatic heterocycles. The number of ether oxygens (including phenoxy) is 1. The Hall–Kier alpha value is -4.01. The molecule has 40 heavy (non-hydrogen) atoms. The summed E-state index contributed by atoms with van der Waals surface area (Å²) in [6.07, 6.45) is 8.41. The molecule has 0 saturated carbocycles. The van der Waals surface area contributed by atoms with E-state index in [1.54, 1.807) is 19.6 Å². The monoisotopic (exact) mass is 574 g/mol. The zero-order valence-corrected chi connectivity index (χ0v) is 23.2. The molecule has 0 spiro atoms. The van der Waals surface area contributed by atoms with Gasteiger partial charge in [0.1, 0.15) is 6.33 Å². The summed E-state index contributed by atoms with van der Waals surface area (Å²) in [6, 6.07) is 5.81. The number of benzene rings is 1. The van der Waals surface area contributed by atoms with Gasteiger partial charge in [-0.1, -0.05) is 6.07 Å². The molecule has 3 aromatic rings. The Morgan fingerprint density at radius 3 is 2.48 bits per heavy atom. The normalized spacial score (nSPS) is 14.2. The number of sulfonamides is 1. The molecule has 4 N–H and O–H groups in total. The maximum Gasteiger partial charge on any atom is 0.328 e. The number of carboxylic acids is 2. The molecule has 0 amide bonds. The number of fused-ring (bicyclic) bond motifs is 1. The van der Waals surface area contributed by atoms with E-state index < -0.39 is 22.0 Å². The van der Waals surface area contributed by atoms with Crippen LogP contribution >= 0.6 is 0 Å². The molecule has 0 radical (unpaired) electrons. The predicted molar refractivity (Wildman–Crippen MR) is 150 cm³/mol. The Morgan fingerprint density at radius 2 is 1.85 bits per heavy atom. The molecule has 0 aliphatic carbocycles. The van der Waals surface area contributed by atoms with Gasteiger partial charge in [-0.25, -0.2) is 32.7 Å². The molecule has 1 saturated heterocycles. The fourth-order valence-corrected chi connectivity index (χ4v) is 5.09. The summed E-state index contributed by atoms with van der Waals surface area (Å²) in [7, 11) is -0.196. The summed E-state index contributed by atoms with van der Waals surface area (Å²) < 4.78 is 31.5. The maximum absolute atomic E-state index is 11.9. The van der Waals surface area contributed by atoms with Crippen molar-refractivity contribution in [1.29, 1.82) is 0 Å². The third-order valence-corrected chi connectivity index (χ3v) is 7.67. The van der Waals surface area contributed by atoms with Gasteiger partial charge in [0, 0.05) is 55.4 Å². The van der Waals surface area contributed by atoms with Crippen LogP contribution in [0.5, 0.6) is 5.75 Å². The second-order valence-corrected chi connectivity index (χ2v) is 10.9. The van der Waals surface area contributed by atoms with Crippen LogP contribution in [0.4, 0.5) is 5.82 Å². The number of anilines is 1. The molecule has 0 atom stereocenters. The van der Waals surface area contributed by atoms with E-state index in [4.69, 9.17) is 14.9 Å². The number of nitrogens with one attached hydrogen (secondary N) is 2. The summed E-state index contributed by atoms with van der Waals surface area (Å²) in [5.41, 5.74) is 3.06. The number of H-pyrrole nitrogens is 1. The number of methoxy groups -OCH3 is 1. The highest BCUT2D eigenvalue weighted by Gasteiger charge is 2.20. The minimum atomic E-state index is -3.28. The van der Waals surface area contributed by atoms with Gasteiger partial charge in [0.15, 0.2) is 11.6 Å². The number of aromatic amines is 1. The first-order valence-corrected chi connectivity index (χ1v) is 14.2. The van der Waals surface area contributed by atoms with Gasteiger partial charge in [-0.05, 0) is 49.7 Å². The van der Waals surface area contributed by atoms with Gasteiger partial charge in [-0.15, -0.1) is 0 Å². The maximum atomic E-state index is 11.9. The van der Waals surface area contributed by atoms with Crippen molar-refractivity contribution < 1.29 is 33.0 Å². The van der Waals surface area contributed by atoms with E-state index in [1.165, 1.54) is 12.6 Å². The van der Waals surface area contributed by atoms with Crippen molar-refractivity contribution in [3.05, 3.63) is 60.2 Å². The van der Waals surface area contributed by atoms with Crippen molar-refractivity contribution in [2.24, 2.45) is 0 Å². The minimum Gasteiger partial charge on any atom is -0.491 e. The van der Waals surface area contributed by atoms with E-state index in [2.05, 4.69) is 29.5 Å². The fraction of sp³-hybridized carbons (Fsp3) is 0.385. The lowest BCUT2D eigenvalue weighted by molar-refractivity contribution is -0.134. The smallest absolute Gasteiger partial charge is 0.328 e. The molecule has 3 heterocycles. The molecule has 14 heteroatoms. The van der Waals surface area contributed by atoms with Crippen molar-refractivity contribution in [1.82, 2.24) is 24.6 Å². The highest BCUT2D eigenvalue weighted by Crippen LogP contribution is 2.25. The number of carbonyl (C=O) groups is 2. The van der Waals surface area contributed by atoms with Crippen LogP contribution in [0.1, 0.15) is 17.5 Å². The molecule has 13 nitrogen and oxygen atoms in total. The molecular weight excluding hydrogens is 540 g/mol. The second-order valence-electron chi connectivity index (χ2n) is 9.01. The molecule has 216 valence electrons. The lowest BCUT2D eigenvalue weighted by Gasteiger charge is -2.35. The van der Waals surface area contributed by atoms with Crippen molar-refractivity contribution in [2.75, 3.05) is 51.8 Å². The average molecular weight is 575 g/mol. The summed E-state index contributed by atoms with van der Waals surface area (Å²) >= 11 is 0. The van der Waals surface area contributed by atoms with E-state index in [0.717, 1.165) is 67.8 Å². The molecule has 0 bridgehead atoms. The van der Waals surface area contributed by atoms with E-state index >= 15 is 0 Å². The Morgan fingerprint density at radius 1 is 1.15 bits per heavy atom. The first-order chi connectivity index (χ1) is 19.1. The molecule has 1 aliphatic rings. The zero-order chi connectivity index (χ0) is 29.1. The van der Waals surface area contributed by atoms with Crippen LogP contribution in [0.2, 0.25) is 0 Å². The predicted octanol–water partition coefficient (Wildman–Crippen LogP) is 1.48. The number of carboxylic acid groups (broad SMARTS) is 2. The highest BCUT2D eigenvalue weighted by molar-refractivity contribution is 7.88. The molecular formula is C26H34N6O7S. The third-order valence-electron chi connectivity index (χ3n) is 6.34. The van der Waals surface area contributed by atoms with Gasteiger partial charge in [-0.2, -0.15) is 0 Å². The largest absolute Gasteiger partial charge is 0.491 e. The van der Waals surface area contributed by atoms with Crippen molar-refractivity contribution in [3.63, 3.8) is 0 Å². The number of rotatable bonds is 11. The van der Waals surface area contributed by atoms with E-state index in [9.17, 15) is 18.0 Å². The number of piperazine rings is 1. The average Bonchev–Trinajstić information content (AvgIpc) is 3.34. The van der Waals surface area contributed by atoms with Crippen LogP contribution in [0.15, 0.2) is 49.1 Å². The number of hydrogen-bond acceptors (Lipinski definition) is 9. The Bertz CT molecular complexity index is 1420. The van der Waals surface area contributed by atoms with Crippen LogP contribution in [-0.4, -0.2) is 97.3 Å². The van der Waals surface area contributed by atoms with E-state index in [-0.39, 0.29) is 5.75 Å². The van der Waals surface area contributed by atoms with E-state index in [1.807, 2.05) is 24.4 Å². The molecule has 1 fully saturated rings. The van der Waals surface area contributed by atoms with Gasteiger partial charge < -0.3 is 24.8 Å². The lowest BCUT2D eigenvalue weighted by Crippen LogP contribution is -2.47. The van der Waals surface area contributed by atoms with Crippen LogP contribution in [0.3, 0.4) is 0 Å². The van der Waals surface area contributed by atoms with Crippen LogP contribution in [0, 0.1) is 0 Å². The molecule has 2 aromatic heterocycles. The van der Waals surface area contributed by atoms with Crippen molar-refractivity contribution in [3.8, 4) is 5.75 Å². The van der Waals surface area contributed by atoms with Crippen LogP contribution in [-0.2, 0) is 31.8 Å². The third kappa shape index (κ3) is 9.03. The SMILES string of the molecule is CNS(=O)(=O)Cc1ccc2[nH]cc(CCCN3CCN(c4ncncc4OC)CC3)c2c1.O=C(O)C=CC(=O)O. The first kappa shape index (κ1) is 30.5. The summed E-state index contributed by atoms with van der Waals surface area (Å²) in [5.74, 6) is -0.954. The van der Waals surface area contributed by atoms with Gasteiger partial charge in [0.2, 0.25) is 10.0 Å². The van der Waals surface area contributed by atoms with Crippen LogP contribution < -0.4 is 14.4 Å². The number of aromatic nitrogens is 3. The Labute approximate surface area is 232 Å². The van der Waals surface area contributed by atoms with Gasteiger partial charge >= 0.3 is 11.9 Å². The van der Waals surface area contributed by atoms with Gasteiger partial charge in [0.25, 0.3) is 0 Å². The number of aryl methyl sites for hydroxylation is 1. The molecule has 1 aromatic carbocycles. The molecule has 0 unspecified atom stereocenters.